The third kappa shape index (κ3) is 5.63. The van der Waals surface area contributed by atoms with Gasteiger partial charge in [0, 0.05) is 5.41 Å². The first-order chi connectivity index (χ1) is 9.82. The van der Waals surface area contributed by atoms with Crippen molar-refractivity contribution in [2.24, 2.45) is 16.9 Å². The van der Waals surface area contributed by atoms with Crippen molar-refractivity contribution in [3.63, 3.8) is 0 Å². The van der Waals surface area contributed by atoms with Crippen LogP contribution in [0.3, 0.4) is 0 Å². The number of nitrogens with two attached hydrogens (primary N) is 2. The molecule has 0 aromatic carbocycles. The zero-order chi connectivity index (χ0) is 17.7. The Morgan fingerprint density at radius 1 is 0.773 bits per heavy atom. The first-order valence-corrected chi connectivity index (χ1v) is 5.96. The number of carbonyl (C=O) groups is 4. The number of hydrogen-bond acceptors (Lipinski definition) is 7. The van der Waals surface area contributed by atoms with Crippen molar-refractivity contribution >= 4 is 23.9 Å². The predicted molar refractivity (Wildman–Crippen MR) is 68.6 cm³/mol. The molecule has 11 heteroatoms. The quantitative estimate of drug-likeness (QED) is 0.215. The summed E-state index contributed by atoms with van der Waals surface area (Å²) in [6.07, 6.45) is -4.18. The zero-order valence-corrected chi connectivity index (χ0v) is 11.4. The molecule has 0 radical (unpaired) electrons. The standard InChI is InChI=1S/C11H18N2O9/c12-9(11(13,22)4-8(20)21)10(1-5(14)15,2-6(16)17)3-7(18)19/h9,22H,1-4,12-13H2,(H,14,15)(H,16,17)(H,18,19)(H,20,21). The molecule has 2 unspecified atom stereocenters. The Balaban J connectivity index is 5.86. The Morgan fingerprint density at radius 3 is 1.27 bits per heavy atom. The van der Waals surface area contributed by atoms with Crippen LogP contribution in [0.2, 0.25) is 0 Å². The van der Waals surface area contributed by atoms with Gasteiger partial charge in [0.15, 0.2) is 0 Å². The summed E-state index contributed by atoms with van der Waals surface area (Å²) >= 11 is 0. The van der Waals surface area contributed by atoms with Gasteiger partial charge in [-0.05, 0) is 0 Å². The first-order valence-electron chi connectivity index (χ1n) is 5.96. The van der Waals surface area contributed by atoms with Crippen molar-refractivity contribution in [3.05, 3.63) is 0 Å². The molecule has 0 rings (SSSR count). The molecule has 0 fully saturated rings. The number of aliphatic carboxylic acids is 4. The van der Waals surface area contributed by atoms with Gasteiger partial charge in [0.25, 0.3) is 0 Å². The van der Waals surface area contributed by atoms with Crippen LogP contribution in [0, 0.1) is 5.41 Å². The van der Waals surface area contributed by atoms with E-state index in [0.717, 1.165) is 0 Å². The Kier molecular flexibility index (Phi) is 6.43. The van der Waals surface area contributed by atoms with Crippen molar-refractivity contribution in [2.45, 2.75) is 37.5 Å². The second-order valence-electron chi connectivity index (χ2n) is 5.11. The lowest BCUT2D eigenvalue weighted by molar-refractivity contribution is -0.154. The van der Waals surface area contributed by atoms with Gasteiger partial charge in [0.05, 0.1) is 31.7 Å². The van der Waals surface area contributed by atoms with Gasteiger partial charge in [0.2, 0.25) is 0 Å². The molecule has 0 heterocycles. The van der Waals surface area contributed by atoms with Crippen LogP contribution in [-0.4, -0.2) is 61.2 Å². The topological polar surface area (TPSA) is 221 Å². The van der Waals surface area contributed by atoms with Gasteiger partial charge in [-0.1, -0.05) is 0 Å². The van der Waals surface area contributed by atoms with Gasteiger partial charge in [-0.3, -0.25) is 19.2 Å². The van der Waals surface area contributed by atoms with E-state index in [1.54, 1.807) is 0 Å². The molecule has 0 bridgehead atoms. The maximum absolute atomic E-state index is 11.0. The lowest BCUT2D eigenvalue weighted by Crippen LogP contribution is -2.64. The summed E-state index contributed by atoms with van der Waals surface area (Å²) in [6, 6.07) is -1.92. The maximum Gasteiger partial charge on any atom is 0.307 e. The fourth-order valence-corrected chi connectivity index (χ4v) is 2.30. The minimum Gasteiger partial charge on any atom is -0.481 e. The van der Waals surface area contributed by atoms with Gasteiger partial charge in [0.1, 0.15) is 5.72 Å². The average molecular weight is 322 g/mol. The van der Waals surface area contributed by atoms with E-state index in [9.17, 15) is 24.3 Å². The highest BCUT2D eigenvalue weighted by molar-refractivity contribution is 5.76. The van der Waals surface area contributed by atoms with Gasteiger partial charge >= 0.3 is 23.9 Å². The van der Waals surface area contributed by atoms with Crippen molar-refractivity contribution in [3.8, 4) is 0 Å². The number of hydrogen-bond donors (Lipinski definition) is 7. The highest BCUT2D eigenvalue weighted by Gasteiger charge is 2.51. The van der Waals surface area contributed by atoms with Crippen LogP contribution in [-0.2, 0) is 19.2 Å². The Labute approximate surface area is 124 Å². The number of carboxylic acid groups (broad SMARTS) is 4. The second-order valence-corrected chi connectivity index (χ2v) is 5.11. The fourth-order valence-electron chi connectivity index (χ4n) is 2.30. The lowest BCUT2D eigenvalue weighted by Gasteiger charge is -2.42. The van der Waals surface area contributed by atoms with Crippen molar-refractivity contribution in [2.75, 3.05) is 0 Å². The molecule has 0 aliphatic rings. The van der Waals surface area contributed by atoms with Crippen LogP contribution < -0.4 is 11.5 Å². The number of carboxylic acids is 4. The minimum atomic E-state index is -2.69. The van der Waals surface area contributed by atoms with Gasteiger partial charge in [-0.25, -0.2) is 0 Å². The summed E-state index contributed by atoms with van der Waals surface area (Å²) in [5.41, 5.74) is 6.09. The number of aliphatic hydroxyl groups is 1. The largest absolute Gasteiger partial charge is 0.481 e. The molecule has 126 valence electrons. The van der Waals surface area contributed by atoms with E-state index in [2.05, 4.69) is 0 Å². The van der Waals surface area contributed by atoms with Gasteiger partial charge in [-0.15, -0.1) is 0 Å². The summed E-state index contributed by atoms with van der Waals surface area (Å²) < 4.78 is 0. The van der Waals surface area contributed by atoms with Crippen LogP contribution in [0.25, 0.3) is 0 Å². The molecule has 2 atom stereocenters. The van der Waals surface area contributed by atoms with Crippen LogP contribution in [0.1, 0.15) is 25.7 Å². The lowest BCUT2D eigenvalue weighted by atomic mass is 9.68. The van der Waals surface area contributed by atoms with E-state index in [4.69, 9.17) is 31.9 Å². The molecule has 22 heavy (non-hydrogen) atoms. The molecule has 0 aromatic rings. The van der Waals surface area contributed by atoms with Gasteiger partial charge < -0.3 is 37.0 Å². The fraction of sp³-hybridized carbons (Fsp3) is 0.636. The summed E-state index contributed by atoms with van der Waals surface area (Å²) in [6.45, 7) is 0. The molecule has 0 aliphatic heterocycles. The van der Waals surface area contributed by atoms with Crippen LogP contribution in [0.4, 0.5) is 0 Å². The maximum atomic E-state index is 11.0. The van der Waals surface area contributed by atoms with E-state index in [0.29, 0.717) is 0 Å². The normalized spacial score (nSPS) is 15.6. The van der Waals surface area contributed by atoms with E-state index < -0.39 is 66.7 Å². The smallest absolute Gasteiger partial charge is 0.307 e. The number of rotatable bonds is 10. The Bertz CT molecular complexity index is 433. The average Bonchev–Trinajstić information content (AvgIpc) is 2.22. The Hall–Kier alpha value is -2.24. The minimum absolute atomic E-state index is 1.02. The molecule has 0 aliphatic carbocycles. The zero-order valence-electron chi connectivity index (χ0n) is 11.4. The molecule has 0 amide bonds. The summed E-state index contributed by atoms with van der Waals surface area (Å²) in [4.78, 5) is 43.5. The molecule has 0 spiro atoms. The summed E-state index contributed by atoms with van der Waals surface area (Å²) in [5.74, 6) is -6.27. The van der Waals surface area contributed by atoms with Crippen molar-refractivity contribution in [1.29, 1.82) is 0 Å². The first kappa shape index (κ1) is 19.8. The molecular formula is C11H18N2O9. The highest BCUT2D eigenvalue weighted by atomic mass is 16.4. The van der Waals surface area contributed by atoms with Gasteiger partial charge in [-0.2, -0.15) is 0 Å². The molecule has 11 nitrogen and oxygen atoms in total. The van der Waals surface area contributed by atoms with E-state index in [1.165, 1.54) is 0 Å². The third-order valence-corrected chi connectivity index (χ3v) is 3.14. The predicted octanol–water partition coefficient (Wildman–Crippen LogP) is -2.15. The second kappa shape index (κ2) is 7.15. The SMILES string of the molecule is NC(C(N)(O)CC(=O)O)C(CC(=O)O)(CC(=O)O)CC(=O)O. The monoisotopic (exact) mass is 322 g/mol. The van der Waals surface area contributed by atoms with Crippen LogP contribution in [0.5, 0.6) is 0 Å². The van der Waals surface area contributed by atoms with Crippen LogP contribution in [0.15, 0.2) is 0 Å². The summed E-state index contributed by atoms with van der Waals surface area (Å²) in [7, 11) is 0. The molecule has 0 aromatic heterocycles. The molecular weight excluding hydrogens is 304 g/mol. The van der Waals surface area contributed by atoms with E-state index in [1.807, 2.05) is 0 Å². The summed E-state index contributed by atoms with van der Waals surface area (Å²) in [5, 5.41) is 45.3. The van der Waals surface area contributed by atoms with Crippen molar-refractivity contribution < 1.29 is 44.7 Å². The Morgan fingerprint density at radius 2 is 1.05 bits per heavy atom. The third-order valence-electron chi connectivity index (χ3n) is 3.14. The van der Waals surface area contributed by atoms with E-state index >= 15 is 0 Å². The molecule has 9 N–H and O–H groups in total. The highest BCUT2D eigenvalue weighted by Crippen LogP contribution is 2.38. The van der Waals surface area contributed by atoms with Crippen LogP contribution >= 0.6 is 0 Å². The van der Waals surface area contributed by atoms with E-state index in [-0.39, 0.29) is 0 Å². The molecule has 0 saturated carbocycles. The molecule has 0 saturated heterocycles. The van der Waals surface area contributed by atoms with Crippen molar-refractivity contribution in [1.82, 2.24) is 0 Å².